The van der Waals surface area contributed by atoms with Crippen LogP contribution in [-0.2, 0) is 11.3 Å². The van der Waals surface area contributed by atoms with E-state index in [1.165, 1.54) is 0 Å². The summed E-state index contributed by atoms with van der Waals surface area (Å²) in [5.41, 5.74) is 1.15. The van der Waals surface area contributed by atoms with Crippen LogP contribution < -0.4 is 0 Å². The first kappa shape index (κ1) is 15.9. The smallest absolute Gasteiger partial charge is 0.236 e. The number of piperazine rings is 1. The van der Waals surface area contributed by atoms with Crippen molar-refractivity contribution in [2.45, 2.75) is 6.54 Å². The van der Waals surface area contributed by atoms with Crippen molar-refractivity contribution in [3.05, 3.63) is 35.9 Å². The molecule has 0 spiro atoms. The molecule has 1 aliphatic rings. The van der Waals surface area contributed by atoms with Crippen molar-refractivity contribution in [1.82, 2.24) is 14.7 Å². The summed E-state index contributed by atoms with van der Waals surface area (Å²) in [5, 5.41) is 8.93. The van der Waals surface area contributed by atoms with Gasteiger partial charge < -0.3 is 10.0 Å². The molecule has 1 aromatic carbocycles. The van der Waals surface area contributed by atoms with E-state index in [1.54, 1.807) is 4.90 Å². The first-order valence-electron chi connectivity index (χ1n) is 7.52. The van der Waals surface area contributed by atoms with Crippen molar-refractivity contribution in [2.24, 2.45) is 0 Å². The van der Waals surface area contributed by atoms with Crippen molar-refractivity contribution in [3.8, 4) is 0 Å². The highest BCUT2D eigenvalue weighted by atomic mass is 16.3. The van der Waals surface area contributed by atoms with E-state index < -0.39 is 0 Å². The van der Waals surface area contributed by atoms with Gasteiger partial charge in [-0.05, 0) is 5.56 Å². The lowest BCUT2D eigenvalue weighted by atomic mass is 10.2. The Balaban J connectivity index is 1.74. The van der Waals surface area contributed by atoms with E-state index >= 15 is 0 Å². The molecule has 1 heterocycles. The van der Waals surface area contributed by atoms with Gasteiger partial charge in [0.25, 0.3) is 0 Å². The first-order valence-corrected chi connectivity index (χ1v) is 7.52. The van der Waals surface area contributed by atoms with Crippen molar-refractivity contribution in [2.75, 3.05) is 52.9 Å². The number of nitrogens with zero attached hydrogens (tertiary/aromatic N) is 3. The molecule has 1 fully saturated rings. The molecule has 1 aromatic rings. The number of benzene rings is 1. The van der Waals surface area contributed by atoms with E-state index in [2.05, 4.69) is 9.80 Å². The zero-order valence-corrected chi connectivity index (χ0v) is 12.7. The number of hydrogen-bond acceptors (Lipinski definition) is 4. The molecule has 0 unspecified atom stereocenters. The molecule has 1 saturated heterocycles. The fourth-order valence-corrected chi connectivity index (χ4v) is 2.57. The molecule has 1 N–H and O–H groups in total. The summed E-state index contributed by atoms with van der Waals surface area (Å²) < 4.78 is 0. The van der Waals surface area contributed by atoms with Gasteiger partial charge in [0.2, 0.25) is 5.91 Å². The summed E-state index contributed by atoms with van der Waals surface area (Å²) >= 11 is 0. The highest BCUT2D eigenvalue weighted by molar-refractivity contribution is 5.78. The molecule has 21 heavy (non-hydrogen) atoms. The topological polar surface area (TPSA) is 47.0 Å². The van der Waals surface area contributed by atoms with Gasteiger partial charge in [-0.15, -0.1) is 0 Å². The number of hydrogen-bond donors (Lipinski definition) is 1. The number of amides is 1. The average Bonchev–Trinajstić information content (AvgIpc) is 2.50. The van der Waals surface area contributed by atoms with Crippen LogP contribution in [-0.4, -0.2) is 78.6 Å². The van der Waals surface area contributed by atoms with Crippen LogP contribution >= 0.6 is 0 Å². The second kappa shape index (κ2) is 8.12. The molecular weight excluding hydrogens is 266 g/mol. The van der Waals surface area contributed by atoms with E-state index in [9.17, 15) is 4.79 Å². The third-order valence-corrected chi connectivity index (χ3v) is 3.93. The Morgan fingerprint density at radius 2 is 1.76 bits per heavy atom. The third-order valence-electron chi connectivity index (χ3n) is 3.93. The second-order valence-electron chi connectivity index (χ2n) is 5.58. The molecule has 0 aromatic heterocycles. The molecule has 5 nitrogen and oxygen atoms in total. The number of rotatable bonds is 6. The lowest BCUT2D eigenvalue weighted by molar-refractivity contribution is -0.132. The molecule has 1 amide bonds. The van der Waals surface area contributed by atoms with Gasteiger partial charge in [-0.1, -0.05) is 30.3 Å². The predicted octanol–water partition coefficient (Wildman–Crippen LogP) is 0.255. The fourth-order valence-electron chi connectivity index (χ4n) is 2.57. The maximum absolute atomic E-state index is 12.3. The highest BCUT2D eigenvalue weighted by Gasteiger charge is 2.20. The minimum atomic E-state index is 0.162. The van der Waals surface area contributed by atoms with Gasteiger partial charge in [-0.3, -0.25) is 14.6 Å². The number of β-amino-alcohol motifs (C(OH)–C–C–N with tert-alkyl or cyclic N) is 1. The van der Waals surface area contributed by atoms with Crippen LogP contribution in [0.25, 0.3) is 0 Å². The van der Waals surface area contributed by atoms with Crippen LogP contribution in [0.2, 0.25) is 0 Å². The van der Waals surface area contributed by atoms with Gasteiger partial charge in [0.05, 0.1) is 13.2 Å². The Morgan fingerprint density at radius 1 is 1.14 bits per heavy atom. The van der Waals surface area contributed by atoms with Gasteiger partial charge in [-0.25, -0.2) is 0 Å². The highest BCUT2D eigenvalue weighted by Crippen LogP contribution is 2.05. The molecule has 0 atom stereocenters. The van der Waals surface area contributed by atoms with Gasteiger partial charge in [0, 0.05) is 46.3 Å². The Hall–Kier alpha value is -1.43. The minimum absolute atomic E-state index is 0.162. The van der Waals surface area contributed by atoms with Crippen molar-refractivity contribution >= 4 is 5.91 Å². The second-order valence-corrected chi connectivity index (χ2v) is 5.58. The maximum Gasteiger partial charge on any atom is 0.236 e. The Kier molecular flexibility index (Phi) is 6.17. The number of carbonyl (C=O) groups is 1. The van der Waals surface area contributed by atoms with Crippen LogP contribution in [0.15, 0.2) is 30.3 Å². The quantitative estimate of drug-likeness (QED) is 0.816. The number of likely N-dealkylation sites (N-methyl/N-ethyl adjacent to an activating group) is 1. The number of aliphatic hydroxyl groups is 1. The number of aliphatic hydroxyl groups excluding tert-OH is 1. The minimum Gasteiger partial charge on any atom is -0.395 e. The average molecular weight is 291 g/mol. The third kappa shape index (κ3) is 5.12. The number of carbonyl (C=O) groups excluding carboxylic acids is 1. The summed E-state index contributed by atoms with van der Waals surface area (Å²) in [7, 11) is 1.86. The summed E-state index contributed by atoms with van der Waals surface area (Å²) in [6.07, 6.45) is 0. The molecule has 5 heteroatoms. The van der Waals surface area contributed by atoms with Crippen LogP contribution in [0.1, 0.15) is 5.56 Å². The van der Waals surface area contributed by atoms with Gasteiger partial charge in [0.15, 0.2) is 0 Å². The van der Waals surface area contributed by atoms with Gasteiger partial charge in [-0.2, -0.15) is 0 Å². The SMILES string of the molecule is CN(Cc1ccccc1)C(=O)CN1CCN(CCO)CC1. The zero-order chi connectivity index (χ0) is 15.1. The summed E-state index contributed by atoms with van der Waals surface area (Å²) in [6.45, 7) is 5.72. The lowest BCUT2D eigenvalue weighted by Crippen LogP contribution is -2.50. The zero-order valence-electron chi connectivity index (χ0n) is 12.7. The van der Waals surface area contributed by atoms with Crippen molar-refractivity contribution in [3.63, 3.8) is 0 Å². The molecule has 2 rings (SSSR count). The van der Waals surface area contributed by atoms with Crippen LogP contribution in [0.4, 0.5) is 0 Å². The first-order chi connectivity index (χ1) is 10.2. The Labute approximate surface area is 126 Å². The van der Waals surface area contributed by atoms with E-state index in [4.69, 9.17) is 5.11 Å². The standard InChI is InChI=1S/C16H25N3O2/c1-17(13-15-5-3-2-4-6-15)16(21)14-19-9-7-18(8-10-19)11-12-20/h2-6,20H,7-14H2,1H3. The van der Waals surface area contributed by atoms with Gasteiger partial charge in [0.1, 0.15) is 0 Å². The predicted molar refractivity (Wildman–Crippen MR) is 82.9 cm³/mol. The molecule has 116 valence electrons. The molecule has 1 aliphatic heterocycles. The molecule has 0 bridgehead atoms. The molecule has 0 radical (unpaired) electrons. The van der Waals surface area contributed by atoms with E-state index in [0.717, 1.165) is 38.3 Å². The van der Waals surface area contributed by atoms with Crippen molar-refractivity contribution in [1.29, 1.82) is 0 Å². The van der Waals surface area contributed by atoms with Crippen molar-refractivity contribution < 1.29 is 9.90 Å². The molecule has 0 aliphatic carbocycles. The Morgan fingerprint density at radius 3 is 2.38 bits per heavy atom. The molecular formula is C16H25N3O2. The maximum atomic E-state index is 12.3. The van der Waals surface area contributed by atoms with Crippen LogP contribution in [0.3, 0.4) is 0 Å². The van der Waals surface area contributed by atoms with Crippen LogP contribution in [0.5, 0.6) is 0 Å². The van der Waals surface area contributed by atoms with E-state index in [0.29, 0.717) is 13.1 Å². The van der Waals surface area contributed by atoms with Gasteiger partial charge >= 0.3 is 0 Å². The monoisotopic (exact) mass is 291 g/mol. The summed E-state index contributed by atoms with van der Waals surface area (Å²) in [6, 6.07) is 10.0. The lowest BCUT2D eigenvalue weighted by Gasteiger charge is -2.34. The largest absolute Gasteiger partial charge is 0.395 e. The fraction of sp³-hybridized carbons (Fsp3) is 0.562. The normalized spacial score (nSPS) is 16.9. The van der Waals surface area contributed by atoms with E-state index in [1.807, 2.05) is 37.4 Å². The summed E-state index contributed by atoms with van der Waals surface area (Å²) in [5.74, 6) is 0.162. The van der Waals surface area contributed by atoms with Crippen LogP contribution in [0, 0.1) is 0 Å². The Bertz CT molecular complexity index is 430. The van der Waals surface area contributed by atoms with E-state index in [-0.39, 0.29) is 12.5 Å². The summed E-state index contributed by atoms with van der Waals surface area (Å²) in [4.78, 5) is 18.5. The molecule has 0 saturated carbocycles.